The minimum Gasteiger partial charge on any atom is -0.494 e. The molecule has 1 aromatic rings. The normalized spacial score (nSPS) is 10.5. The van der Waals surface area contributed by atoms with Gasteiger partial charge >= 0.3 is 5.97 Å². The van der Waals surface area contributed by atoms with Crippen molar-refractivity contribution in [2.75, 3.05) is 26.7 Å². The first-order valence-corrected chi connectivity index (χ1v) is 6.26. The van der Waals surface area contributed by atoms with Gasteiger partial charge in [0.05, 0.1) is 18.0 Å². The van der Waals surface area contributed by atoms with Crippen molar-refractivity contribution >= 4 is 11.7 Å². The Kier molecular flexibility index (Phi) is 6.45. The Morgan fingerprint density at radius 1 is 1.35 bits per heavy atom. The van der Waals surface area contributed by atoms with Crippen LogP contribution in [0.4, 0.5) is 5.69 Å². The molecule has 0 aliphatic rings. The second-order valence-corrected chi connectivity index (χ2v) is 4.40. The van der Waals surface area contributed by atoms with Gasteiger partial charge in [-0.1, -0.05) is 0 Å². The fraction of sp³-hybridized carbons (Fsp3) is 0.462. The third-order valence-electron chi connectivity index (χ3n) is 2.71. The third kappa shape index (κ3) is 6.14. The van der Waals surface area contributed by atoms with E-state index < -0.39 is 10.9 Å². The van der Waals surface area contributed by atoms with Gasteiger partial charge in [0.2, 0.25) is 0 Å². The van der Waals surface area contributed by atoms with E-state index in [-0.39, 0.29) is 12.1 Å². The van der Waals surface area contributed by atoms with Gasteiger partial charge in [-0.15, -0.1) is 0 Å². The molecule has 0 unspecified atom stereocenters. The standard InChI is InChI=1S/C13H18N2O5/c1-14(9-7-13(16)17)8-2-10-20-12-5-3-11(4-6-12)15(18)19/h3-6H,2,7-10H2,1H3,(H,16,17). The fourth-order valence-electron chi connectivity index (χ4n) is 1.59. The average molecular weight is 282 g/mol. The molecule has 7 nitrogen and oxygen atoms in total. The zero-order valence-electron chi connectivity index (χ0n) is 11.3. The topological polar surface area (TPSA) is 92.9 Å². The molecule has 0 saturated heterocycles. The van der Waals surface area contributed by atoms with Gasteiger partial charge in [0.15, 0.2) is 0 Å². The van der Waals surface area contributed by atoms with Crippen LogP contribution >= 0.6 is 0 Å². The molecule has 0 radical (unpaired) electrons. The number of hydrogen-bond acceptors (Lipinski definition) is 5. The first-order valence-electron chi connectivity index (χ1n) is 6.26. The Morgan fingerprint density at radius 2 is 2.00 bits per heavy atom. The summed E-state index contributed by atoms with van der Waals surface area (Å²) in [5, 5.41) is 19.0. The Labute approximate surface area is 116 Å². The number of hydrogen-bond donors (Lipinski definition) is 1. The van der Waals surface area contributed by atoms with Gasteiger partial charge in [-0.05, 0) is 25.6 Å². The van der Waals surface area contributed by atoms with E-state index in [4.69, 9.17) is 9.84 Å². The lowest BCUT2D eigenvalue weighted by molar-refractivity contribution is -0.384. The smallest absolute Gasteiger partial charge is 0.304 e. The van der Waals surface area contributed by atoms with E-state index in [0.717, 1.165) is 13.0 Å². The fourth-order valence-corrected chi connectivity index (χ4v) is 1.59. The molecule has 110 valence electrons. The van der Waals surface area contributed by atoms with Crippen LogP contribution in [0.25, 0.3) is 0 Å². The van der Waals surface area contributed by atoms with Crippen molar-refractivity contribution in [1.29, 1.82) is 0 Å². The van der Waals surface area contributed by atoms with Crippen LogP contribution in [-0.2, 0) is 4.79 Å². The van der Waals surface area contributed by atoms with Crippen molar-refractivity contribution < 1.29 is 19.6 Å². The van der Waals surface area contributed by atoms with Crippen molar-refractivity contribution in [2.24, 2.45) is 0 Å². The SMILES string of the molecule is CN(CCCOc1ccc([N+](=O)[O-])cc1)CCC(=O)O. The summed E-state index contributed by atoms with van der Waals surface area (Å²) in [5.74, 6) is -0.220. The van der Waals surface area contributed by atoms with Gasteiger partial charge in [0, 0.05) is 25.2 Å². The van der Waals surface area contributed by atoms with Crippen molar-refractivity contribution in [2.45, 2.75) is 12.8 Å². The maximum absolute atomic E-state index is 10.5. The molecule has 0 amide bonds. The van der Waals surface area contributed by atoms with Crippen LogP contribution in [0, 0.1) is 10.1 Å². The summed E-state index contributed by atoms with van der Waals surface area (Å²) in [6, 6.07) is 5.92. The van der Waals surface area contributed by atoms with Crippen LogP contribution in [0.3, 0.4) is 0 Å². The average Bonchev–Trinajstić information content (AvgIpc) is 2.42. The third-order valence-corrected chi connectivity index (χ3v) is 2.71. The minimum atomic E-state index is -0.807. The van der Waals surface area contributed by atoms with E-state index in [1.165, 1.54) is 12.1 Å². The molecular formula is C13H18N2O5. The van der Waals surface area contributed by atoms with Crippen molar-refractivity contribution in [1.82, 2.24) is 4.90 Å². The summed E-state index contributed by atoms with van der Waals surface area (Å²) in [4.78, 5) is 22.3. The van der Waals surface area contributed by atoms with Gasteiger partial charge in [-0.3, -0.25) is 14.9 Å². The van der Waals surface area contributed by atoms with E-state index in [1.807, 2.05) is 11.9 Å². The number of nitrogens with zero attached hydrogens (tertiary/aromatic N) is 2. The number of benzene rings is 1. The molecule has 1 rings (SSSR count). The number of non-ortho nitro benzene ring substituents is 1. The molecule has 20 heavy (non-hydrogen) atoms. The highest BCUT2D eigenvalue weighted by Gasteiger charge is 2.05. The van der Waals surface area contributed by atoms with Gasteiger partial charge in [0.25, 0.3) is 5.69 Å². The van der Waals surface area contributed by atoms with Crippen LogP contribution in [0.15, 0.2) is 24.3 Å². The summed E-state index contributed by atoms with van der Waals surface area (Å²) in [7, 11) is 1.86. The Morgan fingerprint density at radius 3 is 2.55 bits per heavy atom. The lowest BCUT2D eigenvalue weighted by Gasteiger charge is -2.15. The summed E-state index contributed by atoms with van der Waals surface area (Å²) in [5.41, 5.74) is 0.0331. The molecular weight excluding hydrogens is 264 g/mol. The molecule has 7 heteroatoms. The van der Waals surface area contributed by atoms with Crippen LogP contribution < -0.4 is 4.74 Å². The lowest BCUT2D eigenvalue weighted by atomic mass is 10.3. The van der Waals surface area contributed by atoms with E-state index >= 15 is 0 Å². The number of nitro benzene ring substituents is 1. The zero-order chi connectivity index (χ0) is 15.0. The number of nitro groups is 1. The highest BCUT2D eigenvalue weighted by Crippen LogP contribution is 2.17. The van der Waals surface area contributed by atoms with E-state index in [0.29, 0.717) is 18.9 Å². The molecule has 0 aliphatic carbocycles. The van der Waals surface area contributed by atoms with Gasteiger partial charge in [-0.2, -0.15) is 0 Å². The molecule has 0 heterocycles. The van der Waals surface area contributed by atoms with Crippen LogP contribution in [0.1, 0.15) is 12.8 Å². The van der Waals surface area contributed by atoms with Crippen molar-refractivity contribution in [3.05, 3.63) is 34.4 Å². The number of carboxylic acid groups (broad SMARTS) is 1. The molecule has 0 aliphatic heterocycles. The maximum Gasteiger partial charge on any atom is 0.304 e. The summed E-state index contributed by atoms with van der Waals surface area (Å²) < 4.78 is 5.45. The highest BCUT2D eigenvalue weighted by atomic mass is 16.6. The molecule has 1 N–H and O–H groups in total. The largest absolute Gasteiger partial charge is 0.494 e. The van der Waals surface area contributed by atoms with E-state index in [9.17, 15) is 14.9 Å². The molecule has 1 aromatic carbocycles. The minimum absolute atomic E-state index is 0.0331. The van der Waals surface area contributed by atoms with Crippen molar-refractivity contribution in [3.8, 4) is 5.75 Å². The second-order valence-electron chi connectivity index (χ2n) is 4.40. The Balaban J connectivity index is 2.20. The predicted molar refractivity (Wildman–Crippen MR) is 73.0 cm³/mol. The summed E-state index contributed by atoms with van der Waals surface area (Å²) >= 11 is 0. The predicted octanol–water partition coefficient (Wildman–Crippen LogP) is 1.77. The Bertz CT molecular complexity index is 447. The number of aliphatic carboxylic acids is 1. The summed E-state index contributed by atoms with van der Waals surface area (Å²) in [6.45, 7) is 1.72. The number of carbonyl (C=O) groups is 1. The van der Waals surface area contributed by atoms with Crippen LogP contribution in [0.5, 0.6) is 5.75 Å². The van der Waals surface area contributed by atoms with Gasteiger partial charge in [0.1, 0.15) is 5.75 Å². The summed E-state index contributed by atoms with van der Waals surface area (Å²) in [6.07, 6.45) is 0.882. The zero-order valence-corrected chi connectivity index (χ0v) is 11.3. The van der Waals surface area contributed by atoms with E-state index in [1.54, 1.807) is 12.1 Å². The first-order chi connectivity index (χ1) is 9.49. The molecule has 0 spiro atoms. The van der Waals surface area contributed by atoms with E-state index in [2.05, 4.69) is 0 Å². The lowest BCUT2D eigenvalue weighted by Crippen LogP contribution is -2.24. The molecule has 0 saturated carbocycles. The Hall–Kier alpha value is -2.15. The molecule has 0 fully saturated rings. The number of rotatable bonds is 9. The second kappa shape index (κ2) is 8.11. The first kappa shape index (κ1) is 15.9. The number of carboxylic acids is 1. The van der Waals surface area contributed by atoms with Gasteiger partial charge in [-0.25, -0.2) is 0 Å². The van der Waals surface area contributed by atoms with Crippen molar-refractivity contribution in [3.63, 3.8) is 0 Å². The van der Waals surface area contributed by atoms with Crippen LogP contribution in [-0.4, -0.2) is 47.6 Å². The quantitative estimate of drug-likeness (QED) is 0.421. The maximum atomic E-state index is 10.5. The highest BCUT2D eigenvalue weighted by molar-refractivity contribution is 5.66. The monoisotopic (exact) mass is 282 g/mol. The molecule has 0 aromatic heterocycles. The molecule has 0 bridgehead atoms. The van der Waals surface area contributed by atoms with Gasteiger partial charge < -0.3 is 14.7 Å². The number of ether oxygens (including phenoxy) is 1. The molecule has 0 atom stereocenters. The van der Waals surface area contributed by atoms with Crippen LogP contribution in [0.2, 0.25) is 0 Å².